The Bertz CT molecular complexity index is 932. The molecule has 0 aliphatic carbocycles. The Labute approximate surface area is 122 Å². The van der Waals surface area contributed by atoms with Crippen molar-refractivity contribution in [3.05, 3.63) is 54.6 Å². The van der Waals surface area contributed by atoms with Crippen LogP contribution >= 0.6 is 0 Å². The highest BCUT2D eigenvalue weighted by Gasteiger charge is 2.12. The van der Waals surface area contributed by atoms with Crippen molar-refractivity contribution in [2.24, 2.45) is 7.05 Å². The van der Waals surface area contributed by atoms with Gasteiger partial charge in [-0.15, -0.1) is 0 Å². The maximum absolute atomic E-state index is 5.20. The molecule has 0 aliphatic heterocycles. The van der Waals surface area contributed by atoms with Gasteiger partial charge in [-0.25, -0.2) is 4.52 Å². The molecule has 0 unspecified atom stereocenters. The van der Waals surface area contributed by atoms with Gasteiger partial charge in [0.05, 0.1) is 23.8 Å². The average Bonchev–Trinajstić information content (AvgIpc) is 3.08. The van der Waals surface area contributed by atoms with E-state index in [0.29, 0.717) is 0 Å². The van der Waals surface area contributed by atoms with Crippen LogP contribution < -0.4 is 4.74 Å². The number of fused-ring (bicyclic) bond motifs is 3. The predicted octanol–water partition coefficient (Wildman–Crippen LogP) is 3.50. The molecule has 4 nitrogen and oxygen atoms in total. The van der Waals surface area contributed by atoms with Crippen LogP contribution in [-0.4, -0.2) is 21.3 Å². The lowest BCUT2D eigenvalue weighted by Crippen LogP contribution is -1.85. The summed E-state index contributed by atoms with van der Waals surface area (Å²) in [6.07, 6.45) is 0. The average molecular weight is 277 g/mol. The highest BCUT2D eigenvalue weighted by atomic mass is 16.5. The van der Waals surface area contributed by atoms with E-state index in [-0.39, 0.29) is 0 Å². The molecule has 21 heavy (non-hydrogen) atoms. The Morgan fingerprint density at radius 3 is 2.38 bits per heavy atom. The Morgan fingerprint density at radius 1 is 0.952 bits per heavy atom. The first-order chi connectivity index (χ1) is 10.3. The largest absolute Gasteiger partial charge is 0.497 e. The summed E-state index contributed by atoms with van der Waals surface area (Å²) < 4.78 is 9.35. The number of nitrogens with zero attached hydrogens (tertiary/aromatic N) is 3. The molecule has 4 heteroatoms. The maximum Gasteiger partial charge on any atom is 0.137 e. The molecule has 0 saturated carbocycles. The second-order valence-corrected chi connectivity index (χ2v) is 5.08. The molecule has 4 aromatic rings. The number of para-hydroxylation sites is 2. The third-order valence-corrected chi connectivity index (χ3v) is 3.89. The lowest BCUT2D eigenvalue weighted by molar-refractivity contribution is 0.415. The van der Waals surface area contributed by atoms with Crippen LogP contribution in [0.2, 0.25) is 0 Å². The topological polar surface area (TPSA) is 31.5 Å². The second-order valence-electron chi connectivity index (χ2n) is 5.08. The number of hydrogen-bond acceptors (Lipinski definition) is 2. The van der Waals surface area contributed by atoms with Crippen molar-refractivity contribution in [3.63, 3.8) is 0 Å². The van der Waals surface area contributed by atoms with Crippen LogP contribution in [-0.2, 0) is 7.05 Å². The maximum atomic E-state index is 5.20. The van der Waals surface area contributed by atoms with Gasteiger partial charge >= 0.3 is 0 Å². The first-order valence-corrected chi connectivity index (χ1v) is 6.85. The summed E-state index contributed by atoms with van der Waals surface area (Å²) in [6.45, 7) is 0. The summed E-state index contributed by atoms with van der Waals surface area (Å²) in [5.41, 5.74) is 5.44. The highest BCUT2D eigenvalue weighted by Crippen LogP contribution is 2.26. The molecule has 2 heterocycles. The van der Waals surface area contributed by atoms with Crippen molar-refractivity contribution >= 4 is 16.7 Å². The summed E-state index contributed by atoms with van der Waals surface area (Å²) in [5, 5.41) is 4.74. The van der Waals surface area contributed by atoms with Gasteiger partial charge in [0.15, 0.2) is 0 Å². The third-order valence-electron chi connectivity index (χ3n) is 3.89. The normalized spacial score (nSPS) is 11.3. The van der Waals surface area contributed by atoms with Gasteiger partial charge in [-0.2, -0.15) is 5.10 Å². The van der Waals surface area contributed by atoms with E-state index in [1.165, 1.54) is 5.52 Å². The van der Waals surface area contributed by atoms with Gasteiger partial charge in [0, 0.05) is 18.7 Å². The zero-order chi connectivity index (χ0) is 14.4. The van der Waals surface area contributed by atoms with Crippen molar-refractivity contribution in [2.45, 2.75) is 0 Å². The van der Waals surface area contributed by atoms with Crippen molar-refractivity contribution < 1.29 is 4.74 Å². The summed E-state index contributed by atoms with van der Waals surface area (Å²) in [6, 6.07) is 18.4. The Morgan fingerprint density at radius 2 is 1.67 bits per heavy atom. The minimum Gasteiger partial charge on any atom is -0.497 e. The van der Waals surface area contributed by atoms with Crippen molar-refractivity contribution in [1.29, 1.82) is 0 Å². The number of hydrogen-bond donors (Lipinski definition) is 0. The van der Waals surface area contributed by atoms with Crippen molar-refractivity contribution in [1.82, 2.24) is 14.2 Å². The molecule has 0 radical (unpaired) electrons. The van der Waals surface area contributed by atoms with E-state index in [0.717, 1.165) is 28.2 Å². The van der Waals surface area contributed by atoms with Crippen LogP contribution in [0.25, 0.3) is 27.9 Å². The fourth-order valence-corrected chi connectivity index (χ4v) is 2.74. The molecule has 2 aromatic heterocycles. The van der Waals surface area contributed by atoms with E-state index < -0.39 is 0 Å². The van der Waals surface area contributed by atoms with Gasteiger partial charge in [0.2, 0.25) is 0 Å². The molecule has 0 amide bonds. The van der Waals surface area contributed by atoms with Gasteiger partial charge in [-0.05, 0) is 36.4 Å². The van der Waals surface area contributed by atoms with E-state index in [2.05, 4.69) is 29.8 Å². The molecule has 0 bridgehead atoms. The fraction of sp³-hybridized carbons (Fsp3) is 0.118. The molecular weight excluding hydrogens is 262 g/mol. The van der Waals surface area contributed by atoms with Crippen LogP contribution in [0.4, 0.5) is 0 Å². The lowest BCUT2D eigenvalue weighted by Gasteiger charge is -2.00. The molecule has 4 rings (SSSR count). The van der Waals surface area contributed by atoms with Crippen LogP contribution in [0, 0.1) is 0 Å². The molecule has 2 aromatic carbocycles. The SMILES string of the molecule is COc1ccc(-c2cc3n(C)c4ccccc4n3n2)cc1. The zero-order valence-corrected chi connectivity index (χ0v) is 11.9. The minimum atomic E-state index is 0.855. The number of ether oxygens (including phenoxy) is 1. The molecule has 0 fully saturated rings. The fourth-order valence-electron chi connectivity index (χ4n) is 2.74. The summed E-state index contributed by atoms with van der Waals surface area (Å²) in [7, 11) is 3.74. The smallest absolute Gasteiger partial charge is 0.137 e. The zero-order valence-electron chi connectivity index (χ0n) is 11.9. The summed E-state index contributed by atoms with van der Waals surface area (Å²) in [4.78, 5) is 0. The summed E-state index contributed by atoms with van der Waals surface area (Å²) >= 11 is 0. The molecule has 0 saturated heterocycles. The van der Waals surface area contributed by atoms with Crippen molar-refractivity contribution in [2.75, 3.05) is 7.11 Å². The van der Waals surface area contributed by atoms with Crippen LogP contribution in [0.3, 0.4) is 0 Å². The predicted molar refractivity (Wildman–Crippen MR) is 83.7 cm³/mol. The van der Waals surface area contributed by atoms with Gasteiger partial charge in [-0.1, -0.05) is 12.1 Å². The Balaban J connectivity index is 1.92. The molecule has 0 aliphatic rings. The number of methoxy groups -OCH3 is 1. The van der Waals surface area contributed by atoms with Crippen LogP contribution in [0.5, 0.6) is 5.75 Å². The molecular formula is C17H15N3O. The number of aromatic nitrogens is 3. The third kappa shape index (κ3) is 1.72. The lowest BCUT2D eigenvalue weighted by atomic mass is 10.1. The van der Waals surface area contributed by atoms with Gasteiger partial charge in [0.1, 0.15) is 11.4 Å². The van der Waals surface area contributed by atoms with Crippen LogP contribution in [0.15, 0.2) is 54.6 Å². The first-order valence-electron chi connectivity index (χ1n) is 6.85. The monoisotopic (exact) mass is 277 g/mol. The van der Waals surface area contributed by atoms with E-state index in [9.17, 15) is 0 Å². The Hall–Kier alpha value is -2.75. The van der Waals surface area contributed by atoms with E-state index in [1.54, 1.807) is 7.11 Å². The number of rotatable bonds is 2. The Kier molecular flexibility index (Phi) is 2.51. The molecule has 0 spiro atoms. The number of imidazole rings is 1. The molecule has 0 N–H and O–H groups in total. The standard InChI is InChI=1S/C17H15N3O/c1-19-15-5-3-4-6-16(15)20-17(19)11-14(18-20)12-7-9-13(21-2)10-8-12/h3-11H,1-2H3. The molecule has 0 atom stereocenters. The minimum absolute atomic E-state index is 0.855. The molecule has 104 valence electrons. The summed E-state index contributed by atoms with van der Waals surface area (Å²) in [5.74, 6) is 0.855. The first kappa shape index (κ1) is 12.0. The quantitative estimate of drug-likeness (QED) is 0.561. The van der Waals surface area contributed by atoms with E-state index in [4.69, 9.17) is 9.84 Å². The van der Waals surface area contributed by atoms with E-state index >= 15 is 0 Å². The van der Waals surface area contributed by atoms with Gasteiger partial charge in [-0.3, -0.25) is 0 Å². The number of benzene rings is 2. The van der Waals surface area contributed by atoms with Gasteiger partial charge < -0.3 is 9.30 Å². The number of aryl methyl sites for hydroxylation is 1. The second kappa shape index (κ2) is 4.38. The van der Waals surface area contributed by atoms with Crippen molar-refractivity contribution in [3.8, 4) is 17.0 Å². The highest BCUT2D eigenvalue weighted by molar-refractivity contribution is 5.82. The van der Waals surface area contributed by atoms with Gasteiger partial charge in [0.25, 0.3) is 0 Å². The van der Waals surface area contributed by atoms with E-state index in [1.807, 2.05) is 40.9 Å². The van der Waals surface area contributed by atoms with Crippen LogP contribution in [0.1, 0.15) is 0 Å².